The summed E-state index contributed by atoms with van der Waals surface area (Å²) in [6, 6.07) is 0. The van der Waals surface area contributed by atoms with Crippen LogP contribution in [0, 0.1) is 0 Å². The van der Waals surface area contributed by atoms with Crippen LogP contribution >= 0.6 is 11.8 Å². The van der Waals surface area contributed by atoms with Crippen LogP contribution in [0.3, 0.4) is 0 Å². The molecule has 0 aliphatic carbocycles. The van der Waals surface area contributed by atoms with E-state index in [-0.39, 0.29) is 5.91 Å². The molecule has 1 saturated heterocycles. The molecule has 106 valence electrons. The molecule has 1 aromatic rings. The monoisotopic (exact) mass is 285 g/mol. The minimum atomic E-state index is -0.657. The fourth-order valence-electron chi connectivity index (χ4n) is 1.95. The van der Waals surface area contributed by atoms with Crippen molar-refractivity contribution >= 4 is 17.7 Å². The number of amides is 1. The Morgan fingerprint density at radius 3 is 3.05 bits per heavy atom. The zero-order valence-electron chi connectivity index (χ0n) is 11.3. The van der Waals surface area contributed by atoms with E-state index in [4.69, 9.17) is 4.74 Å². The van der Waals surface area contributed by atoms with Crippen LogP contribution in [-0.4, -0.2) is 50.6 Å². The summed E-state index contributed by atoms with van der Waals surface area (Å²) < 4.78 is 7.20. The van der Waals surface area contributed by atoms with Crippen LogP contribution in [-0.2, 0) is 16.6 Å². The predicted molar refractivity (Wildman–Crippen MR) is 70.7 cm³/mol. The Morgan fingerprint density at radius 2 is 2.42 bits per heavy atom. The zero-order valence-corrected chi connectivity index (χ0v) is 12.1. The molecule has 0 aromatic carbocycles. The van der Waals surface area contributed by atoms with Gasteiger partial charge in [-0.3, -0.25) is 4.79 Å². The fourth-order valence-corrected chi connectivity index (χ4v) is 2.65. The van der Waals surface area contributed by atoms with E-state index < -0.39 is 5.60 Å². The van der Waals surface area contributed by atoms with E-state index in [9.17, 15) is 4.79 Å². The highest BCUT2D eigenvalue weighted by Gasteiger charge is 2.35. The van der Waals surface area contributed by atoms with Crippen LogP contribution in [0.4, 0.5) is 0 Å². The van der Waals surface area contributed by atoms with Crippen LogP contribution < -0.4 is 5.32 Å². The average Bonchev–Trinajstić information content (AvgIpc) is 2.81. The van der Waals surface area contributed by atoms with Crippen LogP contribution in [0.2, 0.25) is 0 Å². The normalized spacial score (nSPS) is 23.3. The Kier molecular flexibility index (Phi) is 4.76. The third-order valence-corrected chi connectivity index (χ3v) is 4.16. The van der Waals surface area contributed by atoms with Gasteiger partial charge in [0.1, 0.15) is 5.60 Å². The molecule has 7 nitrogen and oxygen atoms in total. The highest BCUT2D eigenvalue weighted by atomic mass is 32.2. The molecular formula is C11H19N5O2S. The summed E-state index contributed by atoms with van der Waals surface area (Å²) in [5, 5.41) is 14.8. The summed E-state index contributed by atoms with van der Waals surface area (Å²) in [6.07, 6.45) is 2.88. The molecule has 1 N–H and O–H groups in total. The Morgan fingerprint density at radius 1 is 1.58 bits per heavy atom. The topological polar surface area (TPSA) is 81.9 Å². The molecule has 19 heavy (non-hydrogen) atoms. The van der Waals surface area contributed by atoms with Gasteiger partial charge in [0.15, 0.2) is 0 Å². The number of rotatable bonds is 5. The highest BCUT2D eigenvalue weighted by molar-refractivity contribution is 7.99. The van der Waals surface area contributed by atoms with Gasteiger partial charge in [-0.2, -0.15) is 0 Å². The second-order valence-electron chi connectivity index (χ2n) is 4.73. The standard InChI is InChI=1S/C11H19N5O2S/c1-11(5-3-4-7-18-11)9(17)12-6-8-19-10-13-14-15-16(10)2/h3-8H2,1-2H3,(H,12,17)/t11-/m0/s1. The zero-order chi connectivity index (χ0) is 13.7. The fraction of sp³-hybridized carbons (Fsp3) is 0.818. The van der Waals surface area contributed by atoms with Gasteiger partial charge in [-0.25, -0.2) is 4.68 Å². The number of nitrogens with one attached hydrogen (secondary N) is 1. The van der Waals surface area contributed by atoms with Gasteiger partial charge in [0.05, 0.1) is 0 Å². The number of carbonyl (C=O) groups excluding carboxylic acids is 1. The molecule has 0 radical (unpaired) electrons. The summed E-state index contributed by atoms with van der Waals surface area (Å²) in [5.41, 5.74) is -0.657. The van der Waals surface area contributed by atoms with Crippen molar-refractivity contribution < 1.29 is 9.53 Å². The predicted octanol–water partition coefficient (Wildman–Crippen LogP) is 0.378. The Balaban J connectivity index is 1.70. The summed E-state index contributed by atoms with van der Waals surface area (Å²) >= 11 is 1.51. The van der Waals surface area contributed by atoms with Crippen molar-refractivity contribution in [3.8, 4) is 0 Å². The van der Waals surface area contributed by atoms with Gasteiger partial charge >= 0.3 is 0 Å². The number of aromatic nitrogens is 4. The average molecular weight is 285 g/mol. The smallest absolute Gasteiger partial charge is 0.251 e. The molecule has 2 heterocycles. The Labute approximate surface area is 116 Å². The molecule has 1 aromatic heterocycles. The maximum atomic E-state index is 12.1. The molecule has 0 spiro atoms. The maximum absolute atomic E-state index is 12.1. The minimum absolute atomic E-state index is 0.0242. The lowest BCUT2D eigenvalue weighted by atomic mass is 9.95. The summed E-state index contributed by atoms with van der Waals surface area (Å²) in [4.78, 5) is 12.1. The Hall–Kier alpha value is -1.15. The molecule has 1 amide bonds. The third kappa shape index (κ3) is 3.66. The van der Waals surface area contributed by atoms with Crippen LogP contribution in [0.15, 0.2) is 5.16 Å². The first-order valence-electron chi connectivity index (χ1n) is 6.39. The van der Waals surface area contributed by atoms with Crippen molar-refractivity contribution in [3.05, 3.63) is 0 Å². The molecule has 1 aliphatic rings. The third-order valence-electron chi connectivity index (χ3n) is 3.15. The van der Waals surface area contributed by atoms with Crippen LogP contribution in [0.25, 0.3) is 0 Å². The van der Waals surface area contributed by atoms with Crippen molar-refractivity contribution in [2.75, 3.05) is 18.9 Å². The Bertz CT molecular complexity index is 430. The lowest BCUT2D eigenvalue weighted by Gasteiger charge is -2.32. The molecule has 0 bridgehead atoms. The van der Waals surface area contributed by atoms with Gasteiger partial charge < -0.3 is 10.1 Å². The first-order chi connectivity index (χ1) is 9.12. The lowest BCUT2D eigenvalue weighted by molar-refractivity contribution is -0.150. The molecule has 1 aliphatic heterocycles. The van der Waals surface area contributed by atoms with E-state index in [2.05, 4.69) is 20.8 Å². The van der Waals surface area contributed by atoms with E-state index in [0.29, 0.717) is 13.2 Å². The van der Waals surface area contributed by atoms with Crippen molar-refractivity contribution in [1.82, 2.24) is 25.5 Å². The quantitative estimate of drug-likeness (QED) is 0.622. The van der Waals surface area contributed by atoms with E-state index in [1.54, 1.807) is 11.7 Å². The highest BCUT2D eigenvalue weighted by Crippen LogP contribution is 2.24. The second-order valence-corrected chi connectivity index (χ2v) is 5.79. The van der Waals surface area contributed by atoms with Crippen molar-refractivity contribution in [1.29, 1.82) is 0 Å². The van der Waals surface area contributed by atoms with Gasteiger partial charge in [-0.05, 0) is 36.6 Å². The minimum Gasteiger partial charge on any atom is -0.365 e. The van der Waals surface area contributed by atoms with Gasteiger partial charge in [0.25, 0.3) is 5.91 Å². The first-order valence-corrected chi connectivity index (χ1v) is 7.38. The summed E-state index contributed by atoms with van der Waals surface area (Å²) in [7, 11) is 1.79. The van der Waals surface area contributed by atoms with E-state index in [1.807, 2.05) is 6.92 Å². The molecule has 8 heteroatoms. The van der Waals surface area contributed by atoms with E-state index in [0.717, 1.165) is 30.2 Å². The summed E-state index contributed by atoms with van der Waals surface area (Å²) in [6.45, 7) is 3.11. The second kappa shape index (κ2) is 6.33. The molecule has 2 rings (SSSR count). The van der Waals surface area contributed by atoms with Crippen LogP contribution in [0.1, 0.15) is 26.2 Å². The summed E-state index contributed by atoms with van der Waals surface area (Å²) in [5.74, 6) is 0.708. The van der Waals surface area contributed by atoms with Crippen molar-refractivity contribution in [2.24, 2.45) is 7.05 Å². The van der Waals surface area contributed by atoms with E-state index >= 15 is 0 Å². The van der Waals surface area contributed by atoms with Gasteiger partial charge in [0.2, 0.25) is 5.16 Å². The van der Waals surface area contributed by atoms with Gasteiger partial charge in [0, 0.05) is 26.0 Å². The number of aryl methyl sites for hydroxylation is 1. The lowest BCUT2D eigenvalue weighted by Crippen LogP contribution is -2.48. The molecule has 0 unspecified atom stereocenters. The van der Waals surface area contributed by atoms with Gasteiger partial charge in [-0.1, -0.05) is 11.8 Å². The first kappa shape index (κ1) is 14.3. The molecule has 1 atom stereocenters. The van der Waals surface area contributed by atoms with E-state index in [1.165, 1.54) is 11.8 Å². The molecule has 0 saturated carbocycles. The van der Waals surface area contributed by atoms with Crippen LogP contribution in [0.5, 0.6) is 0 Å². The number of tetrazole rings is 1. The number of thioether (sulfide) groups is 1. The number of nitrogens with zero attached hydrogens (tertiary/aromatic N) is 4. The number of carbonyl (C=O) groups is 1. The SMILES string of the molecule is Cn1nnnc1SCCNC(=O)[C@]1(C)CCCCO1. The molecule has 1 fully saturated rings. The van der Waals surface area contributed by atoms with Crippen molar-refractivity contribution in [3.63, 3.8) is 0 Å². The molecular weight excluding hydrogens is 266 g/mol. The largest absolute Gasteiger partial charge is 0.365 e. The number of hydrogen-bond donors (Lipinski definition) is 1. The number of ether oxygens (including phenoxy) is 1. The maximum Gasteiger partial charge on any atom is 0.251 e. The van der Waals surface area contributed by atoms with Gasteiger partial charge in [-0.15, -0.1) is 5.10 Å². The van der Waals surface area contributed by atoms with Crippen molar-refractivity contribution in [2.45, 2.75) is 36.9 Å². The number of hydrogen-bond acceptors (Lipinski definition) is 6.